The number of pyridine rings is 2. The number of carbonyl (C=O) groups is 1. The van der Waals surface area contributed by atoms with Gasteiger partial charge in [0.1, 0.15) is 5.82 Å². The standard InChI is InChI=1S/C30H36N8O/c1-29(2,3)13-27(39)37-11-10-36(20-30(37)8-9-30)26-7-6-21(15-32-26)25-12-22(24-17-33-35(5)18-24)19-38-28(25)23(14-31-4)16-34-38/h6-7,12,14-19H,8-11,13,20H2,1-5H3. The number of piperazine rings is 1. The molecular weight excluding hydrogens is 488 g/mol. The van der Waals surface area contributed by atoms with Crippen LogP contribution in [0.2, 0.25) is 0 Å². The number of rotatable bonds is 5. The van der Waals surface area contributed by atoms with Crippen molar-refractivity contribution in [2.45, 2.75) is 45.6 Å². The van der Waals surface area contributed by atoms with E-state index in [9.17, 15) is 4.79 Å². The zero-order valence-corrected chi connectivity index (χ0v) is 23.4. The van der Waals surface area contributed by atoms with Gasteiger partial charge in [0.2, 0.25) is 5.91 Å². The zero-order valence-electron chi connectivity index (χ0n) is 23.4. The molecule has 9 nitrogen and oxygen atoms in total. The summed E-state index contributed by atoms with van der Waals surface area (Å²) in [5.74, 6) is 1.24. The Balaban J connectivity index is 1.30. The van der Waals surface area contributed by atoms with E-state index in [4.69, 9.17) is 4.98 Å². The van der Waals surface area contributed by atoms with Crippen LogP contribution in [0.5, 0.6) is 0 Å². The van der Waals surface area contributed by atoms with Crippen LogP contribution in [0.4, 0.5) is 5.82 Å². The van der Waals surface area contributed by atoms with Gasteiger partial charge in [0.25, 0.3) is 0 Å². The van der Waals surface area contributed by atoms with Gasteiger partial charge in [-0.05, 0) is 36.5 Å². The molecule has 2 fully saturated rings. The highest BCUT2D eigenvalue weighted by atomic mass is 16.2. The van der Waals surface area contributed by atoms with Gasteiger partial charge in [-0.1, -0.05) is 20.8 Å². The lowest BCUT2D eigenvalue weighted by Gasteiger charge is -2.43. The summed E-state index contributed by atoms with van der Waals surface area (Å²) < 4.78 is 3.71. The molecular formula is C30H36N8O. The lowest BCUT2D eigenvalue weighted by atomic mass is 9.91. The van der Waals surface area contributed by atoms with Crippen LogP contribution in [-0.2, 0) is 11.8 Å². The molecule has 4 aromatic heterocycles. The van der Waals surface area contributed by atoms with E-state index < -0.39 is 0 Å². The van der Waals surface area contributed by atoms with Crippen molar-refractivity contribution < 1.29 is 4.79 Å². The maximum atomic E-state index is 13.1. The van der Waals surface area contributed by atoms with Gasteiger partial charge >= 0.3 is 0 Å². The average molecular weight is 525 g/mol. The Morgan fingerprint density at radius 2 is 1.87 bits per heavy atom. The van der Waals surface area contributed by atoms with Crippen LogP contribution in [0, 0.1) is 5.41 Å². The highest BCUT2D eigenvalue weighted by Gasteiger charge is 2.53. The van der Waals surface area contributed by atoms with Gasteiger partial charge in [-0.25, -0.2) is 9.50 Å². The summed E-state index contributed by atoms with van der Waals surface area (Å²) in [6.07, 6.45) is 14.3. The monoisotopic (exact) mass is 524 g/mol. The van der Waals surface area contributed by atoms with E-state index in [2.05, 4.69) is 64.0 Å². The first kappa shape index (κ1) is 25.3. The molecule has 5 heterocycles. The topological polar surface area (TPSA) is 83.9 Å². The Morgan fingerprint density at radius 3 is 2.51 bits per heavy atom. The van der Waals surface area contributed by atoms with E-state index in [1.54, 1.807) is 11.7 Å². The first-order valence-electron chi connectivity index (χ1n) is 13.6. The molecule has 0 aromatic carbocycles. The predicted octanol–water partition coefficient (Wildman–Crippen LogP) is 4.46. The Hall–Kier alpha value is -4.01. The van der Waals surface area contributed by atoms with Crippen LogP contribution in [-0.4, -0.2) is 73.6 Å². The molecule has 2 aliphatic rings. The first-order chi connectivity index (χ1) is 18.7. The lowest BCUT2D eigenvalue weighted by Crippen LogP contribution is -2.57. The number of fused-ring (bicyclic) bond motifs is 1. The van der Waals surface area contributed by atoms with Crippen molar-refractivity contribution in [1.82, 2.24) is 29.3 Å². The van der Waals surface area contributed by atoms with E-state index in [1.165, 1.54) is 0 Å². The molecule has 1 aliphatic carbocycles. The van der Waals surface area contributed by atoms with Gasteiger partial charge < -0.3 is 9.80 Å². The number of aromatic nitrogens is 5. The molecule has 1 amide bonds. The normalized spacial score (nSPS) is 17.1. The fourth-order valence-electron chi connectivity index (χ4n) is 5.74. The Labute approximate surface area is 229 Å². The van der Waals surface area contributed by atoms with Crippen LogP contribution in [0.25, 0.3) is 27.8 Å². The largest absolute Gasteiger partial charge is 0.352 e. The molecule has 39 heavy (non-hydrogen) atoms. The summed E-state index contributed by atoms with van der Waals surface area (Å²) in [6.45, 7) is 8.79. The SMILES string of the molecule is CN=Cc1cnn2cc(-c3cnn(C)c3)cc(-c3ccc(N4CCN(C(=O)CC(C)(C)C)C5(CC5)C4)nc3)c12. The van der Waals surface area contributed by atoms with Crippen molar-refractivity contribution in [1.29, 1.82) is 0 Å². The number of nitrogens with zero attached hydrogens (tertiary/aromatic N) is 8. The van der Waals surface area contributed by atoms with E-state index in [-0.39, 0.29) is 16.9 Å². The average Bonchev–Trinajstić information content (AvgIpc) is 3.31. The molecule has 1 spiro atoms. The minimum atomic E-state index is -0.0306. The quantitative estimate of drug-likeness (QED) is 0.360. The van der Waals surface area contributed by atoms with Crippen molar-refractivity contribution in [3.8, 4) is 22.3 Å². The molecule has 0 atom stereocenters. The van der Waals surface area contributed by atoms with E-state index in [0.29, 0.717) is 6.42 Å². The maximum absolute atomic E-state index is 13.1. The summed E-state index contributed by atoms with van der Waals surface area (Å²) >= 11 is 0. The number of aryl methyl sites for hydroxylation is 1. The second-order valence-electron chi connectivity index (χ2n) is 12.2. The van der Waals surface area contributed by atoms with Crippen molar-refractivity contribution >= 4 is 23.5 Å². The molecule has 0 N–H and O–H groups in total. The summed E-state index contributed by atoms with van der Waals surface area (Å²) in [5.41, 5.74) is 6.04. The second-order valence-corrected chi connectivity index (χ2v) is 12.2. The second kappa shape index (κ2) is 9.32. The third-order valence-electron chi connectivity index (χ3n) is 7.79. The van der Waals surface area contributed by atoms with Crippen LogP contribution in [0.15, 0.2) is 54.2 Å². The molecule has 4 aromatic rings. The fourth-order valence-corrected chi connectivity index (χ4v) is 5.74. The molecule has 9 heteroatoms. The molecule has 0 unspecified atom stereocenters. The van der Waals surface area contributed by atoms with Gasteiger partial charge in [-0.3, -0.25) is 14.5 Å². The number of anilines is 1. The number of hydrogen-bond donors (Lipinski definition) is 0. The van der Waals surface area contributed by atoms with Gasteiger partial charge in [0.05, 0.1) is 23.4 Å². The number of carbonyl (C=O) groups excluding carboxylic acids is 1. The summed E-state index contributed by atoms with van der Waals surface area (Å²) in [4.78, 5) is 26.7. The van der Waals surface area contributed by atoms with Crippen LogP contribution in [0.1, 0.15) is 45.6 Å². The highest BCUT2D eigenvalue weighted by molar-refractivity contribution is 5.97. The third kappa shape index (κ3) is 4.82. The van der Waals surface area contributed by atoms with Gasteiger partial charge in [-0.15, -0.1) is 0 Å². The smallest absolute Gasteiger partial charge is 0.223 e. The van der Waals surface area contributed by atoms with E-state index in [0.717, 1.165) is 71.6 Å². The zero-order chi connectivity index (χ0) is 27.4. The van der Waals surface area contributed by atoms with Crippen molar-refractivity contribution in [2.75, 3.05) is 31.6 Å². The Kier molecular flexibility index (Phi) is 6.04. The minimum Gasteiger partial charge on any atom is -0.352 e. The number of aliphatic imine (C=N–C) groups is 1. The van der Waals surface area contributed by atoms with Crippen LogP contribution >= 0.6 is 0 Å². The summed E-state index contributed by atoms with van der Waals surface area (Å²) in [7, 11) is 3.69. The molecule has 1 aliphatic heterocycles. The van der Waals surface area contributed by atoms with Gasteiger partial charge in [0, 0.05) is 92.8 Å². The van der Waals surface area contributed by atoms with E-state index in [1.807, 2.05) is 48.8 Å². The van der Waals surface area contributed by atoms with Gasteiger partial charge in [-0.2, -0.15) is 10.2 Å². The van der Waals surface area contributed by atoms with Crippen molar-refractivity contribution in [2.24, 2.45) is 17.5 Å². The fraction of sp³-hybridized carbons (Fsp3) is 0.433. The molecule has 0 radical (unpaired) electrons. The molecule has 6 rings (SSSR count). The predicted molar refractivity (Wildman–Crippen MR) is 154 cm³/mol. The molecule has 1 saturated carbocycles. The van der Waals surface area contributed by atoms with E-state index >= 15 is 0 Å². The van der Waals surface area contributed by atoms with Crippen LogP contribution in [0.3, 0.4) is 0 Å². The Morgan fingerprint density at radius 1 is 1.05 bits per heavy atom. The minimum absolute atomic E-state index is 0.000209. The first-order valence-corrected chi connectivity index (χ1v) is 13.6. The molecule has 202 valence electrons. The lowest BCUT2D eigenvalue weighted by molar-refractivity contribution is -0.136. The highest BCUT2D eigenvalue weighted by Crippen LogP contribution is 2.46. The Bertz CT molecular complexity index is 1550. The molecule has 1 saturated heterocycles. The summed E-state index contributed by atoms with van der Waals surface area (Å²) in [6, 6.07) is 6.42. The third-order valence-corrected chi connectivity index (χ3v) is 7.79. The molecule has 0 bridgehead atoms. The van der Waals surface area contributed by atoms with Crippen molar-refractivity contribution in [3.05, 3.63) is 54.7 Å². The number of hydrogen-bond acceptors (Lipinski definition) is 6. The van der Waals surface area contributed by atoms with Gasteiger partial charge in [0.15, 0.2) is 0 Å². The number of amides is 1. The summed E-state index contributed by atoms with van der Waals surface area (Å²) in [5, 5.41) is 8.96. The van der Waals surface area contributed by atoms with Crippen molar-refractivity contribution in [3.63, 3.8) is 0 Å². The van der Waals surface area contributed by atoms with Crippen LogP contribution < -0.4 is 4.90 Å². The maximum Gasteiger partial charge on any atom is 0.223 e.